The molecule has 1 aliphatic heterocycles. The Morgan fingerprint density at radius 2 is 2.03 bits per heavy atom. The number of fused-ring (bicyclic) bond motifs is 1. The number of carbonyl (C=O) groups excluding carboxylic acids is 1. The van der Waals surface area contributed by atoms with Crippen LogP contribution in [0.3, 0.4) is 0 Å². The van der Waals surface area contributed by atoms with Crippen molar-refractivity contribution in [3.63, 3.8) is 0 Å². The molecule has 0 N–H and O–H groups in total. The van der Waals surface area contributed by atoms with Gasteiger partial charge in [-0.05, 0) is 55.6 Å². The minimum absolute atomic E-state index is 0.196. The van der Waals surface area contributed by atoms with E-state index in [2.05, 4.69) is 34.7 Å². The van der Waals surface area contributed by atoms with Crippen molar-refractivity contribution in [2.75, 3.05) is 37.6 Å². The van der Waals surface area contributed by atoms with Gasteiger partial charge in [-0.1, -0.05) is 47.2 Å². The van der Waals surface area contributed by atoms with E-state index in [1.54, 1.807) is 22.4 Å². The monoisotopic (exact) mass is 570 g/mol. The van der Waals surface area contributed by atoms with Crippen LogP contribution in [0, 0.1) is 0 Å². The number of likely N-dealkylation sites (N-methyl/N-ethyl adjacent to an activating group) is 1. The smallest absolute Gasteiger partial charge is 0.253 e. The number of rotatable bonds is 9. The number of nitrogens with zero attached hydrogens (tertiary/aromatic N) is 4. The highest BCUT2D eigenvalue weighted by Gasteiger charge is 2.42. The molecule has 0 spiro atoms. The average molecular weight is 572 g/mol. The molecule has 1 saturated heterocycles. The number of hydrogen-bond donors (Lipinski definition) is 0. The highest BCUT2D eigenvalue weighted by atomic mass is 79.9. The zero-order valence-electron chi connectivity index (χ0n) is 18.6. The fourth-order valence-corrected chi connectivity index (χ4v) is 8.38. The van der Waals surface area contributed by atoms with Gasteiger partial charge in [-0.25, -0.2) is 13.4 Å². The van der Waals surface area contributed by atoms with Crippen LogP contribution >= 0.6 is 38.6 Å². The molecule has 0 bridgehead atoms. The van der Waals surface area contributed by atoms with Crippen LogP contribution in [0.1, 0.15) is 26.7 Å². The molecule has 0 radical (unpaired) electrons. The Morgan fingerprint density at radius 1 is 1.24 bits per heavy atom. The minimum Gasteiger partial charge on any atom is -0.302 e. The summed E-state index contributed by atoms with van der Waals surface area (Å²) in [7, 11) is -3.71. The normalized spacial score (nSPS) is 17.3. The van der Waals surface area contributed by atoms with Crippen LogP contribution in [0.4, 0.5) is 5.13 Å². The van der Waals surface area contributed by atoms with E-state index in [0.29, 0.717) is 37.6 Å². The number of thiazole rings is 1. The van der Waals surface area contributed by atoms with Gasteiger partial charge in [-0.3, -0.25) is 9.69 Å². The lowest BCUT2D eigenvalue weighted by Crippen LogP contribution is -2.49. The second kappa shape index (κ2) is 10.5. The van der Waals surface area contributed by atoms with Crippen LogP contribution < -0.4 is 4.90 Å². The molecule has 0 aliphatic carbocycles. The zero-order chi connectivity index (χ0) is 23.6. The Hall–Kier alpha value is -1.37. The quantitative estimate of drug-likeness (QED) is 0.374. The van der Waals surface area contributed by atoms with Gasteiger partial charge < -0.3 is 4.90 Å². The standard InChI is InChI=1S/C22H27BrN4O3S3/c1-3-25(4-2)12-13-26(22-24-17-10-9-16(23)15-19(17)32-22)21(28)18-7-5-11-27(18)33(29,30)20-8-6-14-31-20/h6,8-10,14-15,18H,3-5,7,11-13H2,1-2H3. The molecule has 1 aromatic carbocycles. The second-order valence-corrected chi connectivity index (χ2v) is 12.8. The number of halogens is 1. The van der Waals surface area contributed by atoms with E-state index >= 15 is 0 Å². The number of aromatic nitrogens is 1. The third kappa shape index (κ3) is 5.18. The van der Waals surface area contributed by atoms with Crippen molar-refractivity contribution in [3.8, 4) is 0 Å². The van der Waals surface area contributed by atoms with Crippen LogP contribution in [0.25, 0.3) is 10.2 Å². The maximum Gasteiger partial charge on any atom is 0.253 e. The molecule has 178 valence electrons. The zero-order valence-corrected chi connectivity index (χ0v) is 22.6. The van der Waals surface area contributed by atoms with E-state index in [1.807, 2.05) is 18.2 Å². The first-order valence-electron chi connectivity index (χ1n) is 11.0. The van der Waals surface area contributed by atoms with Crippen molar-refractivity contribution in [3.05, 3.63) is 40.2 Å². The Bertz CT molecular complexity index is 1210. The van der Waals surface area contributed by atoms with Gasteiger partial charge in [0.2, 0.25) is 5.91 Å². The Labute approximate surface area is 211 Å². The van der Waals surface area contributed by atoms with E-state index in [9.17, 15) is 13.2 Å². The van der Waals surface area contributed by atoms with Crippen LogP contribution in [0.15, 0.2) is 44.4 Å². The highest BCUT2D eigenvalue weighted by Crippen LogP contribution is 2.34. The van der Waals surface area contributed by atoms with Gasteiger partial charge in [0, 0.05) is 24.1 Å². The SMILES string of the molecule is CCN(CC)CCN(C(=O)C1CCCN1S(=O)(=O)c1cccs1)c1nc2ccc(Br)cc2s1. The summed E-state index contributed by atoms with van der Waals surface area (Å²) < 4.78 is 30.1. The van der Waals surface area contributed by atoms with Crippen molar-refractivity contribution >= 4 is 69.9 Å². The Kier molecular flexibility index (Phi) is 7.87. The van der Waals surface area contributed by atoms with Crippen molar-refractivity contribution < 1.29 is 13.2 Å². The van der Waals surface area contributed by atoms with E-state index in [-0.39, 0.29) is 10.1 Å². The van der Waals surface area contributed by atoms with Crippen molar-refractivity contribution in [2.45, 2.75) is 36.9 Å². The third-order valence-corrected chi connectivity index (χ3v) is 10.7. The van der Waals surface area contributed by atoms with E-state index < -0.39 is 16.1 Å². The van der Waals surface area contributed by atoms with Gasteiger partial charge in [0.1, 0.15) is 10.3 Å². The van der Waals surface area contributed by atoms with Gasteiger partial charge in [0.05, 0.1) is 10.2 Å². The molecule has 3 aromatic rings. The summed E-state index contributed by atoms with van der Waals surface area (Å²) in [6.07, 6.45) is 1.18. The van der Waals surface area contributed by atoms with Crippen LogP contribution in [-0.2, 0) is 14.8 Å². The van der Waals surface area contributed by atoms with Crippen LogP contribution in [0.2, 0.25) is 0 Å². The lowest BCUT2D eigenvalue weighted by Gasteiger charge is -2.29. The molecule has 3 heterocycles. The van der Waals surface area contributed by atoms with Gasteiger partial charge in [0.25, 0.3) is 10.0 Å². The van der Waals surface area contributed by atoms with E-state index in [4.69, 9.17) is 4.98 Å². The molecule has 0 saturated carbocycles. The topological polar surface area (TPSA) is 73.8 Å². The molecule has 33 heavy (non-hydrogen) atoms. The molecule has 4 rings (SSSR count). The largest absolute Gasteiger partial charge is 0.302 e. The molecule has 1 atom stereocenters. The second-order valence-electron chi connectivity index (χ2n) is 7.83. The third-order valence-electron chi connectivity index (χ3n) is 5.92. The number of hydrogen-bond acceptors (Lipinski definition) is 7. The molecule has 1 amide bonds. The maximum absolute atomic E-state index is 13.9. The van der Waals surface area contributed by atoms with Gasteiger partial charge in [0.15, 0.2) is 5.13 Å². The average Bonchev–Trinajstić information content (AvgIpc) is 3.56. The summed E-state index contributed by atoms with van der Waals surface area (Å²) in [5, 5.41) is 2.36. The lowest BCUT2D eigenvalue weighted by atomic mass is 10.2. The molecule has 1 unspecified atom stereocenters. The van der Waals surface area contributed by atoms with Crippen LogP contribution in [0.5, 0.6) is 0 Å². The number of thiophene rings is 1. The van der Waals surface area contributed by atoms with Crippen molar-refractivity contribution in [2.24, 2.45) is 0 Å². The number of carbonyl (C=O) groups is 1. The molecule has 2 aromatic heterocycles. The first-order valence-corrected chi connectivity index (χ1v) is 14.9. The van der Waals surface area contributed by atoms with Gasteiger partial charge in [-0.2, -0.15) is 4.31 Å². The summed E-state index contributed by atoms with van der Waals surface area (Å²) in [5.41, 5.74) is 0.827. The fraction of sp³-hybridized carbons (Fsp3) is 0.455. The van der Waals surface area contributed by atoms with E-state index in [0.717, 1.165) is 27.8 Å². The summed E-state index contributed by atoms with van der Waals surface area (Å²) in [6.45, 7) is 7.47. The molecule has 11 heteroatoms. The molecule has 1 fully saturated rings. The maximum atomic E-state index is 13.9. The highest BCUT2D eigenvalue weighted by molar-refractivity contribution is 9.10. The van der Waals surface area contributed by atoms with Crippen molar-refractivity contribution in [1.29, 1.82) is 0 Å². The lowest BCUT2D eigenvalue weighted by molar-refractivity contribution is -0.121. The minimum atomic E-state index is -3.71. The molecular weight excluding hydrogens is 544 g/mol. The molecule has 7 nitrogen and oxygen atoms in total. The van der Waals surface area contributed by atoms with E-state index in [1.165, 1.54) is 27.0 Å². The predicted octanol–water partition coefficient (Wildman–Crippen LogP) is 4.65. The number of benzene rings is 1. The number of anilines is 1. The first-order chi connectivity index (χ1) is 15.8. The van der Waals surface area contributed by atoms with Gasteiger partial charge in [-0.15, -0.1) is 11.3 Å². The summed E-state index contributed by atoms with van der Waals surface area (Å²) in [6, 6.07) is 8.46. The summed E-state index contributed by atoms with van der Waals surface area (Å²) >= 11 is 6.14. The predicted molar refractivity (Wildman–Crippen MR) is 139 cm³/mol. The van der Waals surface area contributed by atoms with Crippen molar-refractivity contribution in [1.82, 2.24) is 14.2 Å². The summed E-state index contributed by atoms with van der Waals surface area (Å²) in [4.78, 5) is 22.5. The first kappa shape index (κ1) is 24.7. The Morgan fingerprint density at radius 3 is 2.73 bits per heavy atom. The number of sulfonamides is 1. The fourth-order valence-electron chi connectivity index (χ4n) is 4.06. The van der Waals surface area contributed by atoms with Gasteiger partial charge >= 0.3 is 0 Å². The number of amides is 1. The Balaban J connectivity index is 1.67. The molecular formula is C22H27BrN4O3S3. The molecule has 1 aliphatic rings. The summed E-state index contributed by atoms with van der Waals surface area (Å²) in [5.74, 6) is -0.196. The van der Waals surface area contributed by atoms with Crippen LogP contribution in [-0.4, -0.2) is 67.3 Å².